The summed E-state index contributed by atoms with van der Waals surface area (Å²) in [5.41, 5.74) is 0.349. The van der Waals surface area contributed by atoms with Gasteiger partial charge in [-0.1, -0.05) is 17.3 Å². The van der Waals surface area contributed by atoms with Crippen molar-refractivity contribution < 1.29 is 22.4 Å². The van der Waals surface area contributed by atoms with Crippen LogP contribution in [0.4, 0.5) is 5.69 Å². The second-order valence-corrected chi connectivity index (χ2v) is 5.85. The number of rotatable bonds is 2. The summed E-state index contributed by atoms with van der Waals surface area (Å²) in [4.78, 5) is 15.1. The molecule has 0 amide bonds. The molecule has 1 aromatic rings. The van der Waals surface area contributed by atoms with Crippen LogP contribution in [0.25, 0.3) is 0 Å². The fourth-order valence-electron chi connectivity index (χ4n) is 2.08. The molecule has 0 radical (unpaired) electrons. The second-order valence-electron chi connectivity index (χ2n) is 4.13. The van der Waals surface area contributed by atoms with Gasteiger partial charge in [0.1, 0.15) is 12.3 Å². The molecule has 2 heterocycles. The fraction of sp³-hybridized carbons (Fsp3) is 0.300. The number of non-ortho nitro benzene ring substituents is 1. The summed E-state index contributed by atoms with van der Waals surface area (Å²) >= 11 is 0. The molecule has 9 heteroatoms. The first-order chi connectivity index (χ1) is 8.99. The minimum absolute atomic E-state index is 0.0884. The molecule has 0 aliphatic carbocycles. The Labute approximate surface area is 107 Å². The number of hydrogen-bond donors (Lipinski definition) is 0. The van der Waals surface area contributed by atoms with Gasteiger partial charge in [0, 0.05) is 17.7 Å². The molecule has 1 saturated heterocycles. The molecule has 2 aliphatic heterocycles. The van der Waals surface area contributed by atoms with Gasteiger partial charge >= 0.3 is 0 Å². The fourth-order valence-corrected chi connectivity index (χ4v) is 3.50. The van der Waals surface area contributed by atoms with Gasteiger partial charge in [0.25, 0.3) is 15.8 Å². The third-order valence-corrected chi connectivity index (χ3v) is 4.57. The lowest BCUT2D eigenvalue weighted by atomic mass is 10.0. The van der Waals surface area contributed by atoms with Crippen LogP contribution in [0.3, 0.4) is 0 Å². The first-order valence-corrected chi connectivity index (χ1v) is 6.83. The SMILES string of the molecule is O=[N+]([O-])c1cccc(C2=NOC3COS(=O)(=O)C23)c1. The molecular formula is C10H8N2O6S. The minimum Gasteiger partial charge on any atom is -0.388 e. The van der Waals surface area contributed by atoms with Gasteiger partial charge in [-0.25, -0.2) is 0 Å². The maximum absolute atomic E-state index is 11.7. The Morgan fingerprint density at radius 3 is 2.95 bits per heavy atom. The first-order valence-electron chi connectivity index (χ1n) is 5.36. The average molecular weight is 284 g/mol. The Morgan fingerprint density at radius 2 is 2.21 bits per heavy atom. The highest BCUT2D eigenvalue weighted by atomic mass is 32.2. The lowest BCUT2D eigenvalue weighted by Crippen LogP contribution is -2.31. The van der Waals surface area contributed by atoms with Crippen LogP contribution >= 0.6 is 0 Å². The lowest BCUT2D eigenvalue weighted by molar-refractivity contribution is -0.384. The van der Waals surface area contributed by atoms with Crippen molar-refractivity contribution in [3.63, 3.8) is 0 Å². The predicted octanol–water partition coefficient (Wildman–Crippen LogP) is 0.426. The van der Waals surface area contributed by atoms with E-state index in [2.05, 4.69) is 9.34 Å². The van der Waals surface area contributed by atoms with Crippen LogP contribution in [0, 0.1) is 10.1 Å². The highest BCUT2D eigenvalue weighted by molar-refractivity contribution is 7.88. The second kappa shape index (κ2) is 4.00. The Balaban J connectivity index is 2.03. The summed E-state index contributed by atoms with van der Waals surface area (Å²) in [5, 5.41) is 13.4. The number of oxime groups is 1. The van der Waals surface area contributed by atoms with Crippen molar-refractivity contribution >= 4 is 21.5 Å². The third kappa shape index (κ3) is 1.87. The molecule has 0 saturated carbocycles. The number of nitro benzene ring substituents is 1. The van der Waals surface area contributed by atoms with E-state index in [-0.39, 0.29) is 18.0 Å². The van der Waals surface area contributed by atoms with Crippen molar-refractivity contribution in [2.45, 2.75) is 11.4 Å². The van der Waals surface area contributed by atoms with Crippen LogP contribution in [0.5, 0.6) is 0 Å². The van der Waals surface area contributed by atoms with Crippen LogP contribution in [0.2, 0.25) is 0 Å². The van der Waals surface area contributed by atoms with Crippen molar-refractivity contribution in [3.8, 4) is 0 Å². The van der Waals surface area contributed by atoms with Gasteiger partial charge in [0.15, 0.2) is 11.4 Å². The number of nitrogens with zero attached hydrogens (tertiary/aromatic N) is 2. The minimum atomic E-state index is -3.78. The third-order valence-electron chi connectivity index (χ3n) is 2.95. The predicted molar refractivity (Wildman–Crippen MR) is 63.2 cm³/mol. The van der Waals surface area contributed by atoms with Crippen LogP contribution in [-0.4, -0.2) is 37.0 Å². The molecule has 2 atom stereocenters. The van der Waals surface area contributed by atoms with E-state index in [0.717, 1.165) is 0 Å². The average Bonchev–Trinajstić information content (AvgIpc) is 2.92. The van der Waals surface area contributed by atoms with Crippen LogP contribution in [0.1, 0.15) is 5.56 Å². The lowest BCUT2D eigenvalue weighted by Gasteiger charge is -2.06. The molecule has 0 aromatic heterocycles. The Bertz CT molecular complexity index is 683. The summed E-state index contributed by atoms with van der Waals surface area (Å²) in [7, 11) is -3.78. The topological polar surface area (TPSA) is 108 Å². The van der Waals surface area contributed by atoms with Crippen molar-refractivity contribution in [2.24, 2.45) is 5.16 Å². The summed E-state index contributed by atoms with van der Waals surface area (Å²) in [6, 6.07) is 5.59. The summed E-state index contributed by atoms with van der Waals surface area (Å²) in [5.74, 6) is 0. The molecule has 0 spiro atoms. The molecule has 1 aromatic carbocycles. The molecule has 0 N–H and O–H groups in total. The molecule has 19 heavy (non-hydrogen) atoms. The summed E-state index contributed by atoms with van der Waals surface area (Å²) in [6.45, 7) is -0.0884. The Kier molecular flexibility index (Phi) is 2.54. The zero-order valence-corrected chi connectivity index (χ0v) is 10.2. The van der Waals surface area contributed by atoms with Gasteiger partial charge < -0.3 is 4.84 Å². The zero-order chi connectivity index (χ0) is 13.6. The summed E-state index contributed by atoms with van der Waals surface area (Å²) < 4.78 is 28.1. The van der Waals surface area contributed by atoms with E-state index < -0.39 is 26.4 Å². The standard InChI is InChI=1S/C10H8N2O6S/c13-12(14)7-3-1-2-6(4-7)9-10-8(18-11-9)5-17-19(10,15)16/h1-4,8,10H,5H2. The van der Waals surface area contributed by atoms with Gasteiger partial charge in [0.2, 0.25) is 0 Å². The highest BCUT2D eigenvalue weighted by Crippen LogP contribution is 2.31. The van der Waals surface area contributed by atoms with E-state index in [1.807, 2.05) is 0 Å². The van der Waals surface area contributed by atoms with E-state index in [0.29, 0.717) is 5.56 Å². The number of benzene rings is 1. The van der Waals surface area contributed by atoms with Gasteiger partial charge in [-0.15, -0.1) is 0 Å². The van der Waals surface area contributed by atoms with E-state index in [4.69, 9.17) is 4.84 Å². The Hall–Kier alpha value is -2.00. The quantitative estimate of drug-likeness (QED) is 0.442. The molecule has 0 bridgehead atoms. The molecule has 1 fully saturated rings. The molecule has 8 nitrogen and oxygen atoms in total. The van der Waals surface area contributed by atoms with Crippen molar-refractivity contribution in [2.75, 3.05) is 6.61 Å². The van der Waals surface area contributed by atoms with E-state index >= 15 is 0 Å². The van der Waals surface area contributed by atoms with Crippen LogP contribution in [0.15, 0.2) is 29.4 Å². The smallest absolute Gasteiger partial charge is 0.280 e. The maximum atomic E-state index is 11.7. The van der Waals surface area contributed by atoms with Gasteiger partial charge in [-0.2, -0.15) is 8.42 Å². The summed E-state index contributed by atoms with van der Waals surface area (Å²) in [6.07, 6.45) is -0.681. The van der Waals surface area contributed by atoms with E-state index in [1.165, 1.54) is 18.2 Å². The molecule has 2 aliphatic rings. The first kappa shape index (κ1) is 12.1. The molecule has 2 unspecified atom stereocenters. The van der Waals surface area contributed by atoms with Crippen molar-refractivity contribution in [1.29, 1.82) is 0 Å². The van der Waals surface area contributed by atoms with Gasteiger partial charge in [-0.3, -0.25) is 14.3 Å². The molecular weight excluding hydrogens is 276 g/mol. The number of nitro groups is 1. The maximum Gasteiger partial charge on any atom is 0.280 e. The van der Waals surface area contributed by atoms with Gasteiger partial charge in [0.05, 0.1) is 4.92 Å². The van der Waals surface area contributed by atoms with Crippen LogP contribution in [-0.2, 0) is 19.1 Å². The number of hydrogen-bond acceptors (Lipinski definition) is 7. The molecule has 100 valence electrons. The van der Waals surface area contributed by atoms with E-state index in [9.17, 15) is 18.5 Å². The largest absolute Gasteiger partial charge is 0.388 e. The highest BCUT2D eigenvalue weighted by Gasteiger charge is 2.51. The zero-order valence-electron chi connectivity index (χ0n) is 9.42. The van der Waals surface area contributed by atoms with Crippen molar-refractivity contribution in [3.05, 3.63) is 39.9 Å². The number of fused-ring (bicyclic) bond motifs is 1. The monoisotopic (exact) mass is 284 g/mol. The van der Waals surface area contributed by atoms with E-state index in [1.54, 1.807) is 6.07 Å². The Morgan fingerprint density at radius 1 is 1.42 bits per heavy atom. The molecule has 3 rings (SSSR count). The van der Waals surface area contributed by atoms with Crippen LogP contribution < -0.4 is 0 Å². The van der Waals surface area contributed by atoms with Crippen molar-refractivity contribution in [1.82, 2.24) is 0 Å². The normalized spacial score (nSPS) is 27.5. The van der Waals surface area contributed by atoms with Gasteiger partial charge in [-0.05, 0) is 0 Å².